The van der Waals surface area contributed by atoms with Crippen LogP contribution in [0.15, 0.2) is 29.1 Å². The molecule has 0 unspecified atom stereocenters. The molecule has 0 N–H and O–H groups in total. The first-order chi connectivity index (χ1) is 13.4. The van der Waals surface area contributed by atoms with Gasteiger partial charge in [0.25, 0.3) is 5.56 Å². The van der Waals surface area contributed by atoms with Crippen molar-refractivity contribution >= 4 is 0 Å². The van der Waals surface area contributed by atoms with Crippen molar-refractivity contribution in [2.75, 3.05) is 0 Å². The van der Waals surface area contributed by atoms with Crippen molar-refractivity contribution in [1.29, 1.82) is 0 Å². The lowest BCUT2D eigenvalue weighted by atomic mass is 10.1. The maximum atomic E-state index is 13.3. The monoisotopic (exact) mass is 395 g/mol. The number of hydrogen-bond acceptors (Lipinski definition) is 3. The van der Waals surface area contributed by atoms with Gasteiger partial charge in [-0.15, -0.1) is 10.2 Å². The van der Waals surface area contributed by atoms with Gasteiger partial charge in [0, 0.05) is 12.1 Å². The zero-order valence-electron chi connectivity index (χ0n) is 16.6. The molecule has 0 aliphatic rings. The van der Waals surface area contributed by atoms with Gasteiger partial charge in [-0.25, -0.2) is 0 Å². The first kappa shape index (κ1) is 22.1. The van der Waals surface area contributed by atoms with Crippen LogP contribution in [0.5, 0.6) is 0 Å². The van der Waals surface area contributed by atoms with Crippen molar-refractivity contribution in [3.63, 3.8) is 0 Å². The second kappa shape index (κ2) is 10.4. The highest BCUT2D eigenvalue weighted by molar-refractivity contribution is 5.58. The Kier molecular flexibility index (Phi) is 8.20. The molecule has 2 rings (SSSR count). The smallest absolute Gasteiger partial charge is 0.286 e. The molecule has 0 aliphatic carbocycles. The number of nitrogens with zero attached hydrogens (tertiary/aromatic N) is 3. The molecule has 0 radical (unpaired) electrons. The van der Waals surface area contributed by atoms with Gasteiger partial charge in [0.05, 0.1) is 0 Å². The molecule has 0 saturated carbocycles. The molecule has 2 aromatic rings. The average molecular weight is 395 g/mol. The predicted molar refractivity (Wildman–Crippen MR) is 104 cm³/mol. The fourth-order valence-electron chi connectivity index (χ4n) is 3.18. The number of halogens is 3. The van der Waals surface area contributed by atoms with E-state index >= 15 is 0 Å². The van der Waals surface area contributed by atoms with E-state index in [1.165, 1.54) is 0 Å². The molecule has 0 atom stereocenters. The topological polar surface area (TPSA) is 47.8 Å². The predicted octanol–water partition coefficient (Wildman–Crippen LogP) is 5.64. The van der Waals surface area contributed by atoms with E-state index in [2.05, 4.69) is 24.0 Å². The van der Waals surface area contributed by atoms with Crippen LogP contribution in [0.1, 0.15) is 70.2 Å². The summed E-state index contributed by atoms with van der Waals surface area (Å²) in [7, 11) is 0. The van der Waals surface area contributed by atoms with Crippen molar-refractivity contribution in [2.24, 2.45) is 0 Å². The van der Waals surface area contributed by atoms with Gasteiger partial charge in [-0.3, -0.25) is 9.36 Å². The summed E-state index contributed by atoms with van der Waals surface area (Å²) in [4.78, 5) is 12.8. The molecule has 0 amide bonds. The largest absolute Gasteiger partial charge is 0.451 e. The van der Waals surface area contributed by atoms with E-state index in [-0.39, 0.29) is 12.2 Å². The SMILES string of the molecule is CCCCCCCCn1c(C(F)(F)F)nnc(-c2ccc(CCC)cc2)c1=O. The molecular weight excluding hydrogens is 367 g/mol. The summed E-state index contributed by atoms with van der Waals surface area (Å²) in [6, 6.07) is 7.18. The summed E-state index contributed by atoms with van der Waals surface area (Å²) in [5.41, 5.74) is 0.822. The number of alkyl halides is 3. The van der Waals surface area contributed by atoms with Crippen LogP contribution in [0.4, 0.5) is 13.2 Å². The molecule has 1 heterocycles. The Morgan fingerprint density at radius 3 is 2.14 bits per heavy atom. The summed E-state index contributed by atoms with van der Waals surface area (Å²) in [5, 5.41) is 6.98. The van der Waals surface area contributed by atoms with Crippen LogP contribution in [-0.2, 0) is 19.1 Å². The van der Waals surface area contributed by atoms with Gasteiger partial charge >= 0.3 is 6.18 Å². The van der Waals surface area contributed by atoms with Crippen LogP contribution in [0, 0.1) is 0 Å². The van der Waals surface area contributed by atoms with E-state index in [0.29, 0.717) is 12.0 Å². The zero-order chi connectivity index (χ0) is 20.6. The average Bonchev–Trinajstić information content (AvgIpc) is 2.65. The number of aromatic nitrogens is 3. The van der Waals surface area contributed by atoms with Crippen LogP contribution < -0.4 is 5.56 Å². The molecule has 0 bridgehead atoms. The quantitative estimate of drug-likeness (QED) is 0.489. The number of rotatable bonds is 10. The van der Waals surface area contributed by atoms with E-state index in [0.717, 1.165) is 55.1 Å². The Labute approximate surface area is 163 Å². The second-order valence-electron chi connectivity index (χ2n) is 7.04. The van der Waals surface area contributed by atoms with Gasteiger partial charge in [0.1, 0.15) is 0 Å². The Bertz CT molecular complexity index is 798. The van der Waals surface area contributed by atoms with E-state index in [1.807, 2.05) is 12.1 Å². The summed E-state index contributed by atoms with van der Waals surface area (Å²) < 4.78 is 40.7. The molecular formula is C21H28F3N3O. The zero-order valence-corrected chi connectivity index (χ0v) is 16.6. The van der Waals surface area contributed by atoms with Gasteiger partial charge in [0.15, 0.2) is 5.69 Å². The fraction of sp³-hybridized carbons (Fsp3) is 0.571. The lowest BCUT2D eigenvalue weighted by Crippen LogP contribution is -2.32. The molecule has 0 saturated heterocycles. The third-order valence-corrected chi connectivity index (χ3v) is 4.70. The van der Waals surface area contributed by atoms with Crippen LogP contribution in [0.2, 0.25) is 0 Å². The Balaban J connectivity index is 2.27. The van der Waals surface area contributed by atoms with E-state index in [9.17, 15) is 18.0 Å². The highest BCUT2D eigenvalue weighted by Crippen LogP contribution is 2.27. The summed E-state index contributed by atoms with van der Waals surface area (Å²) in [6.07, 6.45) is 2.70. The first-order valence-electron chi connectivity index (χ1n) is 10.0. The molecule has 154 valence electrons. The van der Waals surface area contributed by atoms with Gasteiger partial charge in [-0.1, -0.05) is 76.6 Å². The minimum atomic E-state index is -4.71. The molecule has 7 heteroatoms. The highest BCUT2D eigenvalue weighted by Gasteiger charge is 2.37. The van der Waals surface area contributed by atoms with Crippen LogP contribution in [0.25, 0.3) is 11.3 Å². The van der Waals surface area contributed by atoms with Crippen molar-refractivity contribution in [3.8, 4) is 11.3 Å². The summed E-state index contributed by atoms with van der Waals surface area (Å²) in [6.45, 7) is 4.17. The standard InChI is InChI=1S/C21H28F3N3O/c1-3-5-6-7-8-9-15-27-19(28)18(25-26-20(27)21(22,23)24)17-13-11-16(10-4-2)12-14-17/h11-14H,3-10,15H2,1-2H3. The molecule has 1 aromatic carbocycles. The maximum Gasteiger partial charge on any atom is 0.451 e. The summed E-state index contributed by atoms with van der Waals surface area (Å²) in [5.74, 6) is -1.22. The Morgan fingerprint density at radius 1 is 0.893 bits per heavy atom. The fourth-order valence-corrected chi connectivity index (χ4v) is 3.18. The number of benzene rings is 1. The molecule has 0 aliphatic heterocycles. The molecule has 28 heavy (non-hydrogen) atoms. The van der Waals surface area contributed by atoms with Crippen LogP contribution in [-0.4, -0.2) is 14.8 Å². The van der Waals surface area contributed by atoms with Gasteiger partial charge in [-0.2, -0.15) is 13.2 Å². The van der Waals surface area contributed by atoms with Gasteiger partial charge < -0.3 is 0 Å². The Morgan fingerprint density at radius 2 is 1.54 bits per heavy atom. The first-order valence-corrected chi connectivity index (χ1v) is 10.0. The Hall–Kier alpha value is -2.18. The summed E-state index contributed by atoms with van der Waals surface area (Å²) >= 11 is 0. The van der Waals surface area contributed by atoms with E-state index in [1.54, 1.807) is 12.1 Å². The van der Waals surface area contributed by atoms with Crippen molar-refractivity contribution < 1.29 is 13.2 Å². The van der Waals surface area contributed by atoms with E-state index < -0.39 is 17.6 Å². The van der Waals surface area contributed by atoms with Crippen molar-refractivity contribution in [2.45, 2.75) is 77.9 Å². The van der Waals surface area contributed by atoms with Crippen molar-refractivity contribution in [3.05, 3.63) is 46.0 Å². The van der Waals surface area contributed by atoms with Crippen molar-refractivity contribution in [1.82, 2.24) is 14.8 Å². The molecule has 0 spiro atoms. The van der Waals surface area contributed by atoms with E-state index in [4.69, 9.17) is 0 Å². The number of hydrogen-bond donors (Lipinski definition) is 0. The van der Waals surface area contributed by atoms with Crippen LogP contribution in [0.3, 0.4) is 0 Å². The third kappa shape index (κ3) is 5.91. The normalized spacial score (nSPS) is 11.8. The lowest BCUT2D eigenvalue weighted by Gasteiger charge is -2.14. The molecule has 1 aromatic heterocycles. The van der Waals surface area contributed by atoms with Gasteiger partial charge in [-0.05, 0) is 18.4 Å². The second-order valence-corrected chi connectivity index (χ2v) is 7.04. The highest BCUT2D eigenvalue weighted by atomic mass is 19.4. The molecule has 0 fully saturated rings. The minimum absolute atomic E-state index is 0.00373. The minimum Gasteiger partial charge on any atom is -0.286 e. The number of unbranched alkanes of at least 4 members (excludes halogenated alkanes) is 5. The lowest BCUT2D eigenvalue weighted by molar-refractivity contribution is -0.149. The van der Waals surface area contributed by atoms with Crippen LogP contribution >= 0.6 is 0 Å². The third-order valence-electron chi connectivity index (χ3n) is 4.70. The molecule has 4 nitrogen and oxygen atoms in total. The van der Waals surface area contributed by atoms with Gasteiger partial charge in [0.2, 0.25) is 5.82 Å². The number of aryl methyl sites for hydroxylation is 1. The maximum absolute atomic E-state index is 13.3.